The van der Waals surface area contributed by atoms with E-state index in [0.29, 0.717) is 39.1 Å². The summed E-state index contributed by atoms with van der Waals surface area (Å²) in [5, 5.41) is 12.3. The van der Waals surface area contributed by atoms with Gasteiger partial charge in [0.15, 0.2) is 11.5 Å². The van der Waals surface area contributed by atoms with Crippen LogP contribution in [0.5, 0.6) is 17.2 Å². The molecule has 184 valence electrons. The van der Waals surface area contributed by atoms with Crippen molar-refractivity contribution >= 4 is 41.8 Å². The summed E-state index contributed by atoms with van der Waals surface area (Å²) in [5.74, 6) is 0.244. The molecule has 3 rings (SSSR count). The molecule has 0 spiro atoms. The lowest BCUT2D eigenvalue weighted by atomic mass is 9.95. The van der Waals surface area contributed by atoms with Crippen LogP contribution in [-0.2, 0) is 16.0 Å². The molecule has 3 aromatic carbocycles. The second-order valence-electron chi connectivity index (χ2n) is 9.07. The average molecular weight is 514 g/mol. The fraction of sp³-hybridized carbons (Fsp3) is 0.259. The molecule has 0 aromatic heterocycles. The van der Waals surface area contributed by atoms with E-state index in [4.69, 9.17) is 33.7 Å². The van der Waals surface area contributed by atoms with E-state index in [1.165, 1.54) is 7.11 Å². The fourth-order valence-electron chi connectivity index (χ4n) is 3.28. The number of methoxy groups -OCH3 is 1. The summed E-state index contributed by atoms with van der Waals surface area (Å²) in [6.45, 7) is 5.52. The number of rotatable bonds is 8. The number of thiol groups is 1. The second-order valence-corrected chi connectivity index (χ2v) is 10.0. The van der Waals surface area contributed by atoms with Gasteiger partial charge in [0.25, 0.3) is 0 Å². The third kappa shape index (κ3) is 6.93. The summed E-state index contributed by atoms with van der Waals surface area (Å²) in [5.41, 5.74) is 2.20. The second kappa shape index (κ2) is 11.1. The molecular weight excluding hydrogens is 486 g/mol. The number of anilines is 1. The van der Waals surface area contributed by atoms with Gasteiger partial charge in [-0.1, -0.05) is 50.6 Å². The first-order chi connectivity index (χ1) is 16.5. The molecule has 0 saturated carbocycles. The van der Waals surface area contributed by atoms with Crippen molar-refractivity contribution < 1.29 is 24.2 Å². The van der Waals surface area contributed by atoms with Gasteiger partial charge in [0.2, 0.25) is 5.91 Å². The number of hydrogen-bond acceptors (Lipinski definition) is 5. The fourth-order valence-corrected chi connectivity index (χ4v) is 3.78. The Hall–Kier alpha value is -3.16. The first-order valence-electron chi connectivity index (χ1n) is 10.9. The zero-order valence-corrected chi connectivity index (χ0v) is 21.6. The average Bonchev–Trinajstić information content (AvgIpc) is 2.79. The molecule has 0 heterocycles. The molecule has 1 amide bonds. The molecule has 0 saturated heterocycles. The third-order valence-corrected chi connectivity index (χ3v) is 6.06. The van der Waals surface area contributed by atoms with Crippen LogP contribution < -0.4 is 14.8 Å². The molecule has 3 aromatic rings. The molecule has 0 aliphatic carbocycles. The van der Waals surface area contributed by atoms with Gasteiger partial charge in [0.1, 0.15) is 5.75 Å². The van der Waals surface area contributed by atoms with Crippen molar-refractivity contribution in [1.29, 1.82) is 0 Å². The number of carbonyl (C=O) groups is 2. The van der Waals surface area contributed by atoms with Gasteiger partial charge in [-0.15, -0.1) is 0 Å². The first kappa shape index (κ1) is 26.4. The first-order valence-corrected chi connectivity index (χ1v) is 11.8. The van der Waals surface area contributed by atoms with Gasteiger partial charge in [-0.2, -0.15) is 12.6 Å². The number of carboxylic acids is 1. The predicted molar refractivity (Wildman–Crippen MR) is 141 cm³/mol. The van der Waals surface area contributed by atoms with Gasteiger partial charge < -0.3 is 19.9 Å². The molecule has 0 aliphatic rings. The number of ether oxygens (including phenoxy) is 2. The minimum Gasteiger partial charge on any atom is -0.493 e. The normalized spacial score (nSPS) is 12.1. The third-order valence-electron chi connectivity index (χ3n) is 5.23. The van der Waals surface area contributed by atoms with Gasteiger partial charge in [-0.05, 0) is 53.6 Å². The van der Waals surface area contributed by atoms with Crippen LogP contribution in [0, 0.1) is 5.41 Å². The highest BCUT2D eigenvalue weighted by atomic mass is 35.5. The number of amides is 1. The summed E-state index contributed by atoms with van der Waals surface area (Å²) < 4.78 is 11.7. The van der Waals surface area contributed by atoms with Crippen LogP contribution in [0.15, 0.2) is 60.7 Å². The lowest BCUT2D eigenvalue weighted by molar-refractivity contribution is -0.136. The van der Waals surface area contributed by atoms with Gasteiger partial charge in [0.05, 0.1) is 18.8 Å². The van der Waals surface area contributed by atoms with Crippen LogP contribution in [0.3, 0.4) is 0 Å². The summed E-state index contributed by atoms with van der Waals surface area (Å²) in [6.07, 6.45) is -0.148. The number of nitrogens with one attached hydrogen (secondary N) is 1. The molecular formula is C27H28ClNO5S. The van der Waals surface area contributed by atoms with Crippen molar-refractivity contribution in [2.75, 3.05) is 12.4 Å². The van der Waals surface area contributed by atoms with Crippen molar-refractivity contribution in [3.63, 3.8) is 0 Å². The van der Waals surface area contributed by atoms with Gasteiger partial charge in [-0.3, -0.25) is 9.59 Å². The molecule has 1 atom stereocenters. The molecule has 35 heavy (non-hydrogen) atoms. The lowest BCUT2D eigenvalue weighted by Crippen LogP contribution is -2.27. The smallest absolute Gasteiger partial charge is 0.307 e. The standard InChI is InChI=1S/C27H28ClNO5S/c1-27(2,3)26(32)29-19-10-12-21(20(15-19)25(35)17-6-8-18(28)9-7-17)34-23-13-16(14-24(30)31)5-11-22(23)33-4/h5-13,15,25,35H,14H2,1-4H3,(H,29,32)(H,30,31). The SMILES string of the molecule is COc1ccc(CC(=O)O)cc1Oc1ccc(NC(=O)C(C)(C)C)cc1C(S)c1ccc(Cl)cc1. The molecule has 0 radical (unpaired) electrons. The minimum absolute atomic E-state index is 0.123. The largest absolute Gasteiger partial charge is 0.493 e. The maximum Gasteiger partial charge on any atom is 0.307 e. The molecule has 0 aliphatic heterocycles. The van der Waals surface area contributed by atoms with Crippen molar-refractivity contribution in [3.8, 4) is 17.2 Å². The van der Waals surface area contributed by atoms with Crippen LogP contribution in [-0.4, -0.2) is 24.1 Å². The number of aliphatic carboxylic acids is 1. The molecule has 8 heteroatoms. The van der Waals surface area contributed by atoms with E-state index in [0.717, 1.165) is 5.56 Å². The van der Waals surface area contributed by atoms with Gasteiger partial charge in [0, 0.05) is 21.7 Å². The van der Waals surface area contributed by atoms with E-state index in [-0.39, 0.29) is 12.3 Å². The molecule has 0 bridgehead atoms. The van der Waals surface area contributed by atoms with Gasteiger partial charge in [-0.25, -0.2) is 0 Å². The Morgan fingerprint density at radius 2 is 1.66 bits per heavy atom. The Balaban J connectivity index is 2.05. The zero-order chi connectivity index (χ0) is 25.8. The summed E-state index contributed by atoms with van der Waals surface area (Å²) in [4.78, 5) is 23.8. The summed E-state index contributed by atoms with van der Waals surface area (Å²) in [7, 11) is 1.51. The molecule has 0 fully saturated rings. The van der Waals surface area contributed by atoms with Crippen LogP contribution in [0.25, 0.3) is 0 Å². The number of halogens is 1. The number of hydrogen-bond donors (Lipinski definition) is 3. The Morgan fingerprint density at radius 1 is 1.00 bits per heavy atom. The summed E-state index contributed by atoms with van der Waals surface area (Å²) in [6, 6.07) is 17.6. The quantitative estimate of drug-likeness (QED) is 0.289. The van der Waals surface area contributed by atoms with E-state index in [2.05, 4.69) is 5.32 Å². The van der Waals surface area contributed by atoms with E-state index in [9.17, 15) is 14.7 Å². The van der Waals surface area contributed by atoms with Crippen LogP contribution in [0.1, 0.15) is 42.7 Å². The maximum absolute atomic E-state index is 12.6. The van der Waals surface area contributed by atoms with Crippen LogP contribution in [0.2, 0.25) is 5.02 Å². The maximum atomic E-state index is 12.6. The van der Waals surface area contributed by atoms with Crippen molar-refractivity contribution in [2.24, 2.45) is 5.41 Å². The van der Waals surface area contributed by atoms with E-state index in [1.54, 1.807) is 42.5 Å². The zero-order valence-electron chi connectivity index (χ0n) is 20.0. The number of benzene rings is 3. The summed E-state index contributed by atoms with van der Waals surface area (Å²) >= 11 is 10.9. The highest BCUT2D eigenvalue weighted by molar-refractivity contribution is 7.80. The van der Waals surface area contributed by atoms with E-state index in [1.807, 2.05) is 39.0 Å². The van der Waals surface area contributed by atoms with Crippen molar-refractivity contribution in [3.05, 3.63) is 82.4 Å². The highest BCUT2D eigenvalue weighted by Gasteiger charge is 2.23. The number of carbonyl (C=O) groups excluding carboxylic acids is 1. The minimum atomic E-state index is -0.945. The molecule has 2 N–H and O–H groups in total. The Labute approximate surface area is 215 Å². The van der Waals surface area contributed by atoms with Crippen molar-refractivity contribution in [2.45, 2.75) is 32.4 Å². The van der Waals surface area contributed by atoms with Crippen LogP contribution >= 0.6 is 24.2 Å². The monoisotopic (exact) mass is 513 g/mol. The van der Waals surface area contributed by atoms with Gasteiger partial charge >= 0.3 is 5.97 Å². The van der Waals surface area contributed by atoms with Crippen molar-refractivity contribution in [1.82, 2.24) is 0 Å². The Bertz CT molecular complexity index is 1220. The number of carboxylic acid groups (broad SMARTS) is 1. The Morgan fingerprint density at radius 3 is 2.26 bits per heavy atom. The molecule has 1 unspecified atom stereocenters. The predicted octanol–water partition coefficient (Wildman–Crippen LogP) is 6.77. The Kier molecular flexibility index (Phi) is 8.35. The highest BCUT2D eigenvalue weighted by Crippen LogP contribution is 2.41. The molecule has 6 nitrogen and oxygen atoms in total. The van der Waals surface area contributed by atoms with E-state index < -0.39 is 16.6 Å². The van der Waals surface area contributed by atoms with Crippen LogP contribution in [0.4, 0.5) is 5.69 Å². The lowest BCUT2D eigenvalue weighted by Gasteiger charge is -2.21. The topological polar surface area (TPSA) is 84.9 Å². The van der Waals surface area contributed by atoms with E-state index >= 15 is 0 Å².